The number of carboxylic acid groups (broad SMARTS) is 1. The lowest BCUT2D eigenvalue weighted by atomic mass is 9.91. The van der Waals surface area contributed by atoms with Crippen LogP contribution in [-0.4, -0.2) is 27.9 Å². The number of anilines is 1. The molecule has 0 saturated heterocycles. The second kappa shape index (κ2) is 7.60. The Balaban J connectivity index is 1.75. The summed E-state index contributed by atoms with van der Waals surface area (Å²) in [6.07, 6.45) is 1.92. The van der Waals surface area contributed by atoms with E-state index in [0.717, 1.165) is 35.4 Å². The van der Waals surface area contributed by atoms with Gasteiger partial charge in [-0.2, -0.15) is 0 Å². The highest BCUT2D eigenvalue weighted by Crippen LogP contribution is 2.48. The molecule has 2 aromatic heterocycles. The molecule has 2 aromatic rings. The van der Waals surface area contributed by atoms with Crippen LogP contribution >= 0.6 is 22.7 Å². The van der Waals surface area contributed by atoms with Crippen LogP contribution in [0, 0.1) is 6.92 Å². The Bertz CT molecular complexity index is 1020. The number of carboxylic acids is 1. The first-order valence-corrected chi connectivity index (χ1v) is 11.2. The van der Waals surface area contributed by atoms with Crippen molar-refractivity contribution in [3.63, 3.8) is 0 Å². The van der Waals surface area contributed by atoms with Gasteiger partial charge in [0.2, 0.25) is 0 Å². The lowest BCUT2D eigenvalue weighted by molar-refractivity contribution is -0.133. The second-order valence-electron chi connectivity index (χ2n) is 7.46. The SMILES string of the molecule is Cc1csc(-c2c(NC(=O)C3=C(C(=O)O)CCCC3)sc3c2CCC(F)(F)C3)n1. The highest BCUT2D eigenvalue weighted by molar-refractivity contribution is 7.18. The molecular formula is C20H20F2N2O3S2. The molecule has 29 heavy (non-hydrogen) atoms. The number of thiazole rings is 1. The van der Waals surface area contributed by atoms with E-state index in [9.17, 15) is 23.5 Å². The Labute approximate surface area is 174 Å². The van der Waals surface area contributed by atoms with Crippen molar-refractivity contribution in [1.82, 2.24) is 4.98 Å². The van der Waals surface area contributed by atoms with E-state index in [0.29, 0.717) is 33.3 Å². The van der Waals surface area contributed by atoms with Crippen molar-refractivity contribution in [2.75, 3.05) is 5.32 Å². The first-order valence-electron chi connectivity index (χ1n) is 9.47. The summed E-state index contributed by atoms with van der Waals surface area (Å²) in [6.45, 7) is 1.86. The normalized spacial score (nSPS) is 18.4. The number of alkyl halides is 2. The smallest absolute Gasteiger partial charge is 0.332 e. The molecule has 0 spiro atoms. The standard InChI is InChI=1S/C20H20F2N2O3S2/c1-10-9-28-17(23-10)15-13-6-7-20(21,22)8-14(13)29-18(15)24-16(25)11-4-2-3-5-12(11)19(26)27/h9H,2-8H2,1H3,(H,24,25)(H,26,27). The average Bonchev–Trinajstić information content (AvgIpc) is 3.23. The van der Waals surface area contributed by atoms with Gasteiger partial charge in [-0.3, -0.25) is 4.79 Å². The highest BCUT2D eigenvalue weighted by Gasteiger charge is 2.38. The van der Waals surface area contributed by atoms with E-state index in [4.69, 9.17) is 0 Å². The molecule has 5 nitrogen and oxygen atoms in total. The minimum absolute atomic E-state index is 0.147. The fourth-order valence-corrected chi connectivity index (χ4v) is 6.17. The van der Waals surface area contributed by atoms with Crippen LogP contribution in [0.4, 0.5) is 13.8 Å². The quantitative estimate of drug-likeness (QED) is 0.688. The van der Waals surface area contributed by atoms with Gasteiger partial charge in [0, 0.05) is 45.5 Å². The molecule has 2 N–H and O–H groups in total. The predicted molar refractivity (Wildman–Crippen MR) is 109 cm³/mol. The summed E-state index contributed by atoms with van der Waals surface area (Å²) in [4.78, 5) is 29.5. The maximum Gasteiger partial charge on any atom is 0.332 e. The second-order valence-corrected chi connectivity index (χ2v) is 9.42. The number of aromatic nitrogens is 1. The zero-order chi connectivity index (χ0) is 20.8. The first kappa shape index (κ1) is 20.2. The number of nitrogens with zero attached hydrogens (tertiary/aromatic N) is 1. The third-order valence-electron chi connectivity index (χ3n) is 5.31. The molecule has 0 unspecified atom stereocenters. The van der Waals surface area contributed by atoms with Crippen molar-refractivity contribution >= 4 is 39.6 Å². The van der Waals surface area contributed by atoms with Crippen molar-refractivity contribution in [2.24, 2.45) is 0 Å². The van der Waals surface area contributed by atoms with Gasteiger partial charge in [-0.05, 0) is 44.6 Å². The van der Waals surface area contributed by atoms with E-state index < -0.39 is 17.8 Å². The van der Waals surface area contributed by atoms with Crippen molar-refractivity contribution in [1.29, 1.82) is 0 Å². The summed E-state index contributed by atoms with van der Waals surface area (Å²) in [5.74, 6) is -4.28. The van der Waals surface area contributed by atoms with Gasteiger partial charge in [0.15, 0.2) is 0 Å². The average molecular weight is 439 g/mol. The van der Waals surface area contributed by atoms with Crippen molar-refractivity contribution < 1.29 is 23.5 Å². The number of carbonyl (C=O) groups excluding carboxylic acids is 1. The molecule has 2 heterocycles. The summed E-state index contributed by atoms with van der Waals surface area (Å²) in [6, 6.07) is 0. The first-order chi connectivity index (χ1) is 13.7. The molecule has 9 heteroatoms. The number of carbonyl (C=O) groups is 2. The number of amides is 1. The van der Waals surface area contributed by atoms with Crippen molar-refractivity contribution in [3.8, 4) is 10.6 Å². The summed E-state index contributed by atoms with van der Waals surface area (Å²) in [5, 5.41) is 15.3. The van der Waals surface area contributed by atoms with Crippen LogP contribution in [-0.2, 0) is 22.4 Å². The lowest BCUT2D eigenvalue weighted by Gasteiger charge is -2.21. The number of aliphatic carboxylic acids is 1. The van der Waals surface area contributed by atoms with Gasteiger partial charge < -0.3 is 10.4 Å². The molecule has 0 aliphatic heterocycles. The van der Waals surface area contributed by atoms with E-state index in [1.165, 1.54) is 11.3 Å². The number of aryl methyl sites for hydroxylation is 1. The van der Waals surface area contributed by atoms with Gasteiger partial charge in [0.25, 0.3) is 11.8 Å². The molecule has 0 atom stereocenters. The molecule has 4 rings (SSSR count). The number of halogens is 2. The minimum Gasteiger partial charge on any atom is -0.478 e. The summed E-state index contributed by atoms with van der Waals surface area (Å²) in [7, 11) is 0. The van der Waals surface area contributed by atoms with E-state index in [-0.39, 0.29) is 30.4 Å². The monoisotopic (exact) mass is 438 g/mol. The summed E-state index contributed by atoms with van der Waals surface area (Å²) >= 11 is 2.57. The fourth-order valence-electron chi connectivity index (χ4n) is 3.90. The Morgan fingerprint density at radius 2 is 1.93 bits per heavy atom. The molecular weight excluding hydrogens is 418 g/mol. The zero-order valence-corrected chi connectivity index (χ0v) is 17.4. The zero-order valence-electron chi connectivity index (χ0n) is 15.8. The van der Waals surface area contributed by atoms with E-state index >= 15 is 0 Å². The van der Waals surface area contributed by atoms with Crippen LogP contribution in [0.15, 0.2) is 16.5 Å². The molecule has 0 fully saturated rings. The highest BCUT2D eigenvalue weighted by atomic mass is 32.1. The van der Waals surface area contributed by atoms with Crippen LogP contribution in [0.1, 0.15) is 48.2 Å². The number of fused-ring (bicyclic) bond motifs is 1. The van der Waals surface area contributed by atoms with Gasteiger partial charge in [-0.25, -0.2) is 18.6 Å². The molecule has 0 bridgehead atoms. The molecule has 2 aliphatic rings. The molecule has 2 aliphatic carbocycles. The van der Waals surface area contributed by atoms with E-state index in [1.807, 2.05) is 12.3 Å². The third-order valence-corrected chi connectivity index (χ3v) is 7.44. The largest absolute Gasteiger partial charge is 0.478 e. The number of rotatable bonds is 4. The van der Waals surface area contributed by atoms with Crippen LogP contribution in [0.25, 0.3) is 10.6 Å². The van der Waals surface area contributed by atoms with Gasteiger partial charge in [-0.1, -0.05) is 0 Å². The van der Waals surface area contributed by atoms with Gasteiger partial charge in [-0.15, -0.1) is 22.7 Å². The maximum atomic E-state index is 14.0. The molecule has 0 saturated carbocycles. The van der Waals surface area contributed by atoms with Gasteiger partial charge >= 0.3 is 5.97 Å². The van der Waals surface area contributed by atoms with Gasteiger partial charge in [0.1, 0.15) is 10.0 Å². The maximum absolute atomic E-state index is 14.0. The Hall–Kier alpha value is -2.13. The molecule has 1 amide bonds. The number of hydrogen-bond donors (Lipinski definition) is 2. The molecule has 0 aromatic carbocycles. The van der Waals surface area contributed by atoms with Crippen LogP contribution in [0.3, 0.4) is 0 Å². The van der Waals surface area contributed by atoms with Crippen LogP contribution in [0.2, 0.25) is 0 Å². The third kappa shape index (κ3) is 3.98. The number of thiophene rings is 1. The molecule has 0 radical (unpaired) electrons. The predicted octanol–water partition coefficient (Wildman–Crippen LogP) is 5.20. The number of nitrogens with one attached hydrogen (secondary N) is 1. The Morgan fingerprint density at radius 3 is 2.59 bits per heavy atom. The van der Waals surface area contributed by atoms with Crippen molar-refractivity contribution in [3.05, 3.63) is 32.7 Å². The Kier molecular flexibility index (Phi) is 5.29. The molecule has 154 valence electrons. The van der Waals surface area contributed by atoms with E-state index in [1.54, 1.807) is 0 Å². The van der Waals surface area contributed by atoms with Crippen LogP contribution in [0.5, 0.6) is 0 Å². The Morgan fingerprint density at radius 1 is 1.21 bits per heavy atom. The topological polar surface area (TPSA) is 79.3 Å². The minimum atomic E-state index is -2.75. The summed E-state index contributed by atoms with van der Waals surface area (Å²) < 4.78 is 27.9. The van der Waals surface area contributed by atoms with Gasteiger partial charge in [0.05, 0.1) is 0 Å². The van der Waals surface area contributed by atoms with E-state index in [2.05, 4.69) is 10.3 Å². The number of hydrogen-bond acceptors (Lipinski definition) is 5. The lowest BCUT2D eigenvalue weighted by Crippen LogP contribution is -2.24. The summed E-state index contributed by atoms with van der Waals surface area (Å²) in [5.41, 5.74) is 2.78. The van der Waals surface area contributed by atoms with Crippen molar-refractivity contribution in [2.45, 2.75) is 57.8 Å². The van der Waals surface area contributed by atoms with Crippen LogP contribution < -0.4 is 5.32 Å². The fraction of sp³-hybridized carbons (Fsp3) is 0.450.